The van der Waals surface area contributed by atoms with Gasteiger partial charge in [-0.2, -0.15) is 0 Å². The molecule has 8 nitrogen and oxygen atoms in total. The topological polar surface area (TPSA) is 108 Å². The van der Waals surface area contributed by atoms with Crippen molar-refractivity contribution in [3.63, 3.8) is 0 Å². The van der Waals surface area contributed by atoms with E-state index in [9.17, 15) is 14.4 Å². The lowest BCUT2D eigenvalue weighted by Gasteiger charge is -2.22. The van der Waals surface area contributed by atoms with Gasteiger partial charge in [-0.15, -0.1) is 0 Å². The van der Waals surface area contributed by atoms with Crippen LogP contribution in [0.4, 0.5) is 5.69 Å². The van der Waals surface area contributed by atoms with Crippen molar-refractivity contribution in [1.29, 1.82) is 0 Å². The highest BCUT2D eigenvalue weighted by atomic mass is 16.5. The molecular formula is C20H22N2O6. The minimum Gasteiger partial charge on any atom is -0.493 e. The van der Waals surface area contributed by atoms with Crippen molar-refractivity contribution in [3.05, 3.63) is 54.1 Å². The summed E-state index contributed by atoms with van der Waals surface area (Å²) >= 11 is 0. The summed E-state index contributed by atoms with van der Waals surface area (Å²) < 4.78 is 15.5. The minimum atomic E-state index is -0.511. The van der Waals surface area contributed by atoms with Gasteiger partial charge in [0.1, 0.15) is 0 Å². The molecule has 0 aromatic heterocycles. The number of hydrogen-bond acceptors (Lipinski definition) is 6. The quantitative estimate of drug-likeness (QED) is 0.658. The zero-order chi connectivity index (χ0) is 20.5. The Hall–Kier alpha value is -3.55. The van der Waals surface area contributed by atoms with Crippen LogP contribution in [0.15, 0.2) is 48.5 Å². The lowest BCUT2D eigenvalue weighted by atomic mass is 10.2. The van der Waals surface area contributed by atoms with Gasteiger partial charge in [0.15, 0.2) is 18.1 Å². The number of anilines is 1. The summed E-state index contributed by atoms with van der Waals surface area (Å²) in [4.78, 5) is 36.9. The number of methoxy groups -OCH3 is 2. The van der Waals surface area contributed by atoms with E-state index in [0.717, 1.165) is 0 Å². The maximum Gasteiger partial charge on any atom is 0.337 e. The monoisotopic (exact) mass is 386 g/mol. The minimum absolute atomic E-state index is 0.0256. The molecule has 148 valence electrons. The first-order valence-corrected chi connectivity index (χ1v) is 8.49. The number of amides is 2. The average molecular weight is 386 g/mol. The van der Waals surface area contributed by atoms with Crippen molar-refractivity contribution in [3.8, 4) is 11.5 Å². The molecule has 0 unspecified atom stereocenters. The summed E-state index contributed by atoms with van der Waals surface area (Å²) in [7, 11) is 2.70. The number of rotatable bonds is 9. The third kappa shape index (κ3) is 5.47. The van der Waals surface area contributed by atoms with Gasteiger partial charge < -0.3 is 24.8 Å². The number of nitrogens with two attached hydrogens (primary N) is 1. The Kier molecular flexibility index (Phi) is 7.38. The molecule has 0 saturated carbocycles. The highest BCUT2D eigenvalue weighted by molar-refractivity contribution is 5.95. The molecule has 0 atom stereocenters. The van der Waals surface area contributed by atoms with Crippen LogP contribution in [0.25, 0.3) is 0 Å². The van der Waals surface area contributed by atoms with E-state index in [2.05, 4.69) is 4.74 Å². The second kappa shape index (κ2) is 9.96. The highest BCUT2D eigenvalue weighted by Crippen LogP contribution is 2.28. The van der Waals surface area contributed by atoms with Crippen LogP contribution in [0.3, 0.4) is 0 Å². The standard InChI is InChI=1S/C20H22N2O6/c1-26-17-12-14(20(25)27-2)8-9-16(17)28-13-19(24)22(11-10-18(21)23)15-6-4-3-5-7-15/h3-9,12H,10-11,13H2,1-2H3,(H2,21,23). The van der Waals surface area contributed by atoms with E-state index in [1.165, 1.54) is 37.3 Å². The van der Waals surface area contributed by atoms with E-state index in [-0.39, 0.29) is 25.5 Å². The molecule has 0 aliphatic rings. The number of benzene rings is 2. The molecule has 0 heterocycles. The molecule has 2 rings (SSSR count). The molecule has 2 amide bonds. The van der Waals surface area contributed by atoms with Gasteiger partial charge in [-0.1, -0.05) is 18.2 Å². The summed E-state index contributed by atoms with van der Waals surface area (Å²) in [6, 6.07) is 13.4. The van der Waals surface area contributed by atoms with Gasteiger partial charge in [0.2, 0.25) is 5.91 Å². The molecule has 0 radical (unpaired) electrons. The number of para-hydroxylation sites is 1. The number of hydrogen-bond donors (Lipinski definition) is 1. The summed E-state index contributed by atoms with van der Waals surface area (Å²) in [6.07, 6.45) is 0.0256. The smallest absolute Gasteiger partial charge is 0.337 e. The molecule has 0 spiro atoms. The Morgan fingerprint density at radius 3 is 2.32 bits per heavy atom. The van der Waals surface area contributed by atoms with Crippen LogP contribution in [-0.4, -0.2) is 45.2 Å². The first-order valence-electron chi connectivity index (χ1n) is 8.49. The second-order valence-electron chi connectivity index (χ2n) is 5.74. The van der Waals surface area contributed by atoms with Crippen LogP contribution in [0.1, 0.15) is 16.8 Å². The summed E-state index contributed by atoms with van der Waals surface area (Å²) in [5.74, 6) is -0.783. The van der Waals surface area contributed by atoms with E-state index >= 15 is 0 Å². The molecule has 2 N–H and O–H groups in total. The van der Waals surface area contributed by atoms with Crippen LogP contribution in [0.2, 0.25) is 0 Å². The average Bonchev–Trinajstić information content (AvgIpc) is 2.72. The van der Waals surface area contributed by atoms with E-state index in [1.54, 1.807) is 24.3 Å². The van der Waals surface area contributed by atoms with Gasteiger partial charge in [0.25, 0.3) is 5.91 Å². The first-order chi connectivity index (χ1) is 13.5. The van der Waals surface area contributed by atoms with Crippen molar-refractivity contribution in [1.82, 2.24) is 0 Å². The zero-order valence-corrected chi connectivity index (χ0v) is 15.7. The van der Waals surface area contributed by atoms with E-state index < -0.39 is 11.9 Å². The summed E-state index contributed by atoms with van der Waals surface area (Å²) in [5, 5.41) is 0. The number of nitrogens with zero attached hydrogens (tertiary/aromatic N) is 1. The largest absolute Gasteiger partial charge is 0.493 e. The fraction of sp³-hybridized carbons (Fsp3) is 0.250. The molecule has 2 aromatic carbocycles. The van der Waals surface area contributed by atoms with Crippen molar-refractivity contribution >= 4 is 23.5 Å². The Balaban J connectivity index is 2.13. The van der Waals surface area contributed by atoms with E-state index in [1.807, 2.05) is 6.07 Å². The van der Waals surface area contributed by atoms with Gasteiger partial charge >= 0.3 is 5.97 Å². The maximum atomic E-state index is 12.7. The van der Waals surface area contributed by atoms with Crippen molar-refractivity contribution in [2.75, 3.05) is 32.3 Å². The van der Waals surface area contributed by atoms with Crippen LogP contribution in [0, 0.1) is 0 Å². The number of ether oxygens (including phenoxy) is 3. The predicted octanol–water partition coefficient (Wildman–Crippen LogP) is 1.77. The van der Waals surface area contributed by atoms with Crippen molar-refractivity contribution in [2.45, 2.75) is 6.42 Å². The fourth-order valence-corrected chi connectivity index (χ4v) is 2.48. The SMILES string of the molecule is COC(=O)c1ccc(OCC(=O)N(CCC(N)=O)c2ccccc2)c(OC)c1. The third-order valence-electron chi connectivity index (χ3n) is 3.89. The highest BCUT2D eigenvalue weighted by Gasteiger charge is 2.18. The van der Waals surface area contributed by atoms with Crippen molar-refractivity contribution < 1.29 is 28.6 Å². The predicted molar refractivity (Wildman–Crippen MR) is 102 cm³/mol. The molecule has 0 aliphatic carbocycles. The van der Waals surface area contributed by atoms with Gasteiger partial charge in [-0.25, -0.2) is 4.79 Å². The Morgan fingerprint density at radius 1 is 1.00 bits per heavy atom. The number of carbonyl (C=O) groups excluding carboxylic acids is 3. The Morgan fingerprint density at radius 2 is 1.71 bits per heavy atom. The summed E-state index contributed by atoms with van der Waals surface area (Å²) in [5.41, 5.74) is 6.14. The first kappa shape index (κ1) is 20.8. The maximum absolute atomic E-state index is 12.7. The normalized spacial score (nSPS) is 10.1. The van der Waals surface area contributed by atoms with Gasteiger partial charge in [0.05, 0.1) is 19.8 Å². The molecule has 0 fully saturated rings. The molecule has 0 saturated heterocycles. The third-order valence-corrected chi connectivity index (χ3v) is 3.89. The van der Waals surface area contributed by atoms with Crippen molar-refractivity contribution in [2.24, 2.45) is 5.73 Å². The van der Waals surface area contributed by atoms with Crippen LogP contribution < -0.4 is 20.1 Å². The van der Waals surface area contributed by atoms with Crippen LogP contribution in [-0.2, 0) is 14.3 Å². The second-order valence-corrected chi connectivity index (χ2v) is 5.74. The Bertz CT molecular complexity index is 838. The molecule has 0 bridgehead atoms. The van der Waals surface area contributed by atoms with Crippen LogP contribution in [0.5, 0.6) is 11.5 Å². The van der Waals surface area contributed by atoms with Gasteiger partial charge in [0, 0.05) is 18.7 Å². The number of esters is 1. The van der Waals surface area contributed by atoms with E-state index in [0.29, 0.717) is 22.7 Å². The number of primary amides is 1. The van der Waals surface area contributed by atoms with Crippen LogP contribution >= 0.6 is 0 Å². The fourth-order valence-electron chi connectivity index (χ4n) is 2.48. The Labute approximate surface area is 162 Å². The van der Waals surface area contributed by atoms with Gasteiger partial charge in [-0.3, -0.25) is 9.59 Å². The van der Waals surface area contributed by atoms with E-state index in [4.69, 9.17) is 15.2 Å². The molecular weight excluding hydrogens is 364 g/mol. The number of carbonyl (C=O) groups is 3. The lowest BCUT2D eigenvalue weighted by Crippen LogP contribution is -2.37. The molecule has 2 aromatic rings. The lowest BCUT2D eigenvalue weighted by molar-refractivity contribution is -0.120. The molecule has 28 heavy (non-hydrogen) atoms. The zero-order valence-electron chi connectivity index (χ0n) is 15.7. The molecule has 8 heteroatoms. The summed E-state index contributed by atoms with van der Waals surface area (Å²) in [6.45, 7) is -0.151. The van der Waals surface area contributed by atoms with Gasteiger partial charge in [-0.05, 0) is 30.3 Å². The molecule has 0 aliphatic heterocycles.